The van der Waals surface area contributed by atoms with Gasteiger partial charge in [0.1, 0.15) is 11.7 Å². The van der Waals surface area contributed by atoms with Gasteiger partial charge in [0.15, 0.2) is 11.3 Å². The molecule has 3 atom stereocenters. The van der Waals surface area contributed by atoms with Gasteiger partial charge in [0.25, 0.3) is 5.91 Å². The molecule has 0 radical (unpaired) electrons. The zero-order valence-corrected chi connectivity index (χ0v) is 24.9. The van der Waals surface area contributed by atoms with Crippen molar-refractivity contribution in [1.82, 2.24) is 40.4 Å². The van der Waals surface area contributed by atoms with Gasteiger partial charge in [0.2, 0.25) is 0 Å². The molecular formula is C28H32F6N8O4. The molecular weight excluding hydrogens is 626 g/mol. The lowest BCUT2D eigenvalue weighted by Crippen LogP contribution is -2.40. The van der Waals surface area contributed by atoms with Gasteiger partial charge in [-0.3, -0.25) is 4.79 Å². The molecule has 250 valence electrons. The molecule has 46 heavy (non-hydrogen) atoms. The lowest BCUT2D eigenvalue weighted by Gasteiger charge is -2.29. The molecule has 3 fully saturated rings. The topological polar surface area (TPSA) is 140 Å². The van der Waals surface area contributed by atoms with Gasteiger partial charge >= 0.3 is 18.4 Å². The van der Waals surface area contributed by atoms with Crippen molar-refractivity contribution in [1.29, 1.82) is 0 Å². The number of hydrogen-bond acceptors (Lipinski definition) is 8. The minimum Gasteiger partial charge on any atom is -0.376 e. The van der Waals surface area contributed by atoms with E-state index in [1.807, 2.05) is 5.32 Å². The molecule has 1 saturated heterocycles. The van der Waals surface area contributed by atoms with E-state index in [1.165, 1.54) is 23.0 Å². The predicted molar refractivity (Wildman–Crippen MR) is 145 cm³/mol. The van der Waals surface area contributed by atoms with Gasteiger partial charge in [0, 0.05) is 11.5 Å². The first kappa shape index (κ1) is 32.0. The summed E-state index contributed by atoms with van der Waals surface area (Å²) in [4.78, 5) is 31.5. The molecule has 3 aromatic rings. The van der Waals surface area contributed by atoms with Gasteiger partial charge in [-0.1, -0.05) is 19.0 Å². The Kier molecular flexibility index (Phi) is 8.13. The van der Waals surface area contributed by atoms with E-state index in [2.05, 4.69) is 25.7 Å². The number of hydrogen-bond donors (Lipinski definition) is 2. The molecule has 2 N–H and O–H groups in total. The Morgan fingerprint density at radius 2 is 1.89 bits per heavy atom. The van der Waals surface area contributed by atoms with Crippen molar-refractivity contribution in [3.05, 3.63) is 41.1 Å². The minimum atomic E-state index is -4.64. The Morgan fingerprint density at radius 1 is 1.15 bits per heavy atom. The normalized spacial score (nSPS) is 20.7. The summed E-state index contributed by atoms with van der Waals surface area (Å²) < 4.78 is 93.3. The van der Waals surface area contributed by atoms with Crippen molar-refractivity contribution in [3.63, 3.8) is 0 Å². The lowest BCUT2D eigenvalue weighted by atomic mass is 9.85. The maximum Gasteiger partial charge on any atom is 0.410 e. The van der Waals surface area contributed by atoms with Crippen LogP contribution in [0.2, 0.25) is 0 Å². The maximum absolute atomic E-state index is 13.7. The molecule has 3 amide bonds. The maximum atomic E-state index is 13.7. The average molecular weight is 659 g/mol. The zero-order chi connectivity index (χ0) is 33.0. The number of urea groups is 1. The van der Waals surface area contributed by atoms with Crippen molar-refractivity contribution in [3.8, 4) is 0 Å². The lowest BCUT2D eigenvalue weighted by molar-refractivity contribution is -0.214. The second-order valence-electron chi connectivity index (χ2n) is 12.7. The third-order valence-electron chi connectivity index (χ3n) is 8.65. The smallest absolute Gasteiger partial charge is 0.376 e. The highest BCUT2D eigenvalue weighted by atomic mass is 19.4. The molecule has 2 aliphatic carbocycles. The Bertz CT molecular complexity index is 1600. The highest BCUT2D eigenvalue weighted by Crippen LogP contribution is 2.43. The van der Waals surface area contributed by atoms with Gasteiger partial charge in [0.05, 0.1) is 54.8 Å². The third kappa shape index (κ3) is 6.76. The van der Waals surface area contributed by atoms with Crippen LogP contribution in [0.15, 0.2) is 23.1 Å². The molecule has 1 unspecified atom stereocenters. The first-order valence-corrected chi connectivity index (χ1v) is 14.9. The molecule has 2 saturated carbocycles. The van der Waals surface area contributed by atoms with E-state index in [9.17, 15) is 35.9 Å². The van der Waals surface area contributed by atoms with Crippen LogP contribution in [-0.2, 0) is 4.74 Å². The molecule has 3 aliphatic rings. The van der Waals surface area contributed by atoms with Gasteiger partial charge in [-0.25, -0.2) is 18.9 Å². The Balaban J connectivity index is 1.29. The summed E-state index contributed by atoms with van der Waals surface area (Å²) in [6, 6.07) is -3.36. The van der Waals surface area contributed by atoms with Crippen LogP contribution in [0.5, 0.6) is 0 Å². The first-order valence-electron chi connectivity index (χ1n) is 14.9. The first-order chi connectivity index (χ1) is 21.6. The van der Waals surface area contributed by atoms with E-state index in [4.69, 9.17) is 9.37 Å². The quantitative estimate of drug-likeness (QED) is 0.259. The van der Waals surface area contributed by atoms with Crippen molar-refractivity contribution >= 4 is 17.6 Å². The number of halogens is 6. The van der Waals surface area contributed by atoms with Gasteiger partial charge < -0.3 is 20.3 Å². The van der Waals surface area contributed by atoms with Gasteiger partial charge in [-0.15, -0.1) is 0 Å². The highest BCUT2D eigenvalue weighted by molar-refractivity contribution is 5.93. The van der Waals surface area contributed by atoms with Crippen LogP contribution in [0.4, 0.5) is 31.1 Å². The number of fused-ring (bicyclic) bond motifs is 1. The fraction of sp³-hybridized carbons (Fsp3) is 0.643. The minimum absolute atomic E-state index is 0.0216. The summed E-state index contributed by atoms with van der Waals surface area (Å²) >= 11 is 0. The monoisotopic (exact) mass is 658 g/mol. The summed E-state index contributed by atoms with van der Waals surface area (Å²) in [6.45, 7) is 1.43. The summed E-state index contributed by atoms with van der Waals surface area (Å²) in [5, 5.41) is 16.5. The Hall–Kier alpha value is -3.96. The number of ether oxygens (including phenoxy) is 1. The van der Waals surface area contributed by atoms with Gasteiger partial charge in [-0.05, 0) is 49.7 Å². The Morgan fingerprint density at radius 3 is 2.52 bits per heavy atom. The van der Waals surface area contributed by atoms with E-state index in [1.54, 1.807) is 0 Å². The van der Waals surface area contributed by atoms with Crippen LogP contribution in [0.25, 0.3) is 5.65 Å². The van der Waals surface area contributed by atoms with E-state index in [-0.39, 0.29) is 48.5 Å². The molecule has 0 bridgehead atoms. The predicted octanol–water partition coefficient (Wildman–Crippen LogP) is 5.01. The molecule has 0 aromatic carbocycles. The summed E-state index contributed by atoms with van der Waals surface area (Å²) in [5.41, 5.74) is -0.995. The van der Waals surface area contributed by atoms with Crippen LogP contribution in [0.1, 0.15) is 97.8 Å². The summed E-state index contributed by atoms with van der Waals surface area (Å²) in [5.74, 6) is -0.659. The number of amides is 3. The number of nitrogens with one attached hydrogen (secondary N) is 2. The third-order valence-corrected chi connectivity index (χ3v) is 8.65. The SMILES string of the molecule is CC(C)(CC[C@H](NC(=O)c1nonc1C1CC1)c1cn2ncc([C@@H](COC3CC3)N3CC(C(F)(F)F)NC3=O)cc2n1)C(F)(F)F. The number of imidazole rings is 1. The second kappa shape index (κ2) is 11.7. The number of aromatic nitrogens is 5. The number of carbonyl (C=O) groups is 2. The largest absolute Gasteiger partial charge is 0.410 e. The van der Waals surface area contributed by atoms with Crippen molar-refractivity contribution in [2.75, 3.05) is 13.2 Å². The molecule has 4 heterocycles. The summed E-state index contributed by atoms with van der Waals surface area (Å²) in [6.07, 6.45) is -3.66. The fourth-order valence-electron chi connectivity index (χ4n) is 5.24. The highest BCUT2D eigenvalue weighted by Gasteiger charge is 2.49. The van der Waals surface area contributed by atoms with Crippen LogP contribution >= 0.6 is 0 Å². The van der Waals surface area contributed by atoms with Crippen molar-refractivity contribution in [2.24, 2.45) is 5.41 Å². The van der Waals surface area contributed by atoms with E-state index in [0.717, 1.165) is 44.4 Å². The van der Waals surface area contributed by atoms with Crippen LogP contribution < -0.4 is 10.6 Å². The number of rotatable bonds is 12. The van der Waals surface area contributed by atoms with E-state index < -0.39 is 54.4 Å². The van der Waals surface area contributed by atoms with Gasteiger partial charge in [-0.2, -0.15) is 31.4 Å². The molecule has 3 aromatic heterocycles. The number of nitrogens with zero attached hydrogens (tertiary/aromatic N) is 6. The zero-order valence-electron chi connectivity index (χ0n) is 24.9. The molecule has 6 rings (SSSR count). The fourth-order valence-corrected chi connectivity index (χ4v) is 5.24. The molecule has 18 heteroatoms. The Labute approximate surface area is 258 Å². The van der Waals surface area contributed by atoms with E-state index in [0.29, 0.717) is 11.3 Å². The van der Waals surface area contributed by atoms with Crippen LogP contribution in [0.3, 0.4) is 0 Å². The average Bonchev–Trinajstić information content (AvgIpc) is 3.86. The second-order valence-corrected chi connectivity index (χ2v) is 12.7. The van der Waals surface area contributed by atoms with Crippen LogP contribution in [0, 0.1) is 5.41 Å². The number of carbonyl (C=O) groups excluding carboxylic acids is 2. The molecule has 0 spiro atoms. The number of alkyl halides is 6. The van der Waals surface area contributed by atoms with Crippen molar-refractivity contribution in [2.45, 2.75) is 94.9 Å². The molecule has 12 nitrogen and oxygen atoms in total. The van der Waals surface area contributed by atoms with E-state index >= 15 is 0 Å². The summed E-state index contributed by atoms with van der Waals surface area (Å²) in [7, 11) is 0. The molecule has 1 aliphatic heterocycles. The van der Waals surface area contributed by atoms with Crippen LogP contribution in [-0.4, -0.2) is 79.4 Å². The van der Waals surface area contributed by atoms with Crippen molar-refractivity contribution < 1.29 is 45.3 Å². The standard InChI is InChI=1S/C28H32F6N8O4/c1-26(2,28(32,33)34)8-7-17(37-24(43)23-22(14-3-4-14)39-46-40-23)18-11-42-21(36-18)9-15(10-35-42)19(13-45-16-5-6-16)41-12-20(27(29,30)31)38-25(41)44/h9-11,14,16-17,19-20H,3-8,12-13H2,1-2H3,(H,37,43)(H,38,44)/t17-,19+,20?/m0/s1.